The highest BCUT2D eigenvalue weighted by Gasteiger charge is 2.63. The molecule has 2 aromatic heterocycles. The first-order valence-electron chi connectivity index (χ1n) is 23.4. The summed E-state index contributed by atoms with van der Waals surface area (Å²) in [6, 6.07) is 4.11. The molecule has 3 aliphatic carbocycles. The van der Waals surface area contributed by atoms with Crippen LogP contribution in [0.3, 0.4) is 0 Å². The zero-order valence-electron chi connectivity index (χ0n) is 38.4. The lowest BCUT2D eigenvalue weighted by Gasteiger charge is -2.30. The molecule has 0 unspecified atom stereocenters. The van der Waals surface area contributed by atoms with Crippen molar-refractivity contribution in [3.63, 3.8) is 0 Å². The van der Waals surface area contributed by atoms with Gasteiger partial charge in [-0.2, -0.15) is 4.98 Å². The number of imidazole rings is 1. The number of rotatable bonds is 9. The van der Waals surface area contributed by atoms with E-state index in [9.17, 15) is 27.6 Å². The zero-order chi connectivity index (χ0) is 46.3. The van der Waals surface area contributed by atoms with Crippen molar-refractivity contribution in [3.05, 3.63) is 41.4 Å². The van der Waals surface area contributed by atoms with Crippen LogP contribution in [-0.2, 0) is 29.1 Å². The Morgan fingerprint density at radius 1 is 1.03 bits per heavy atom. The number of sulfonamides is 1. The first kappa shape index (κ1) is 46.6. The van der Waals surface area contributed by atoms with E-state index in [1.165, 1.54) is 24.2 Å². The second-order valence-electron chi connectivity index (χ2n) is 19.8. The normalized spacial score (nSPS) is 26.7. The molecule has 15 nitrogen and oxygen atoms in total. The van der Waals surface area contributed by atoms with Crippen LogP contribution in [0.25, 0.3) is 21.6 Å². The van der Waals surface area contributed by atoms with Gasteiger partial charge >= 0.3 is 6.09 Å². The molecule has 4 fully saturated rings. The third-order valence-electron chi connectivity index (χ3n) is 13.4. The van der Waals surface area contributed by atoms with E-state index in [4.69, 9.17) is 19.4 Å². The van der Waals surface area contributed by atoms with Gasteiger partial charge in [0.05, 0.1) is 17.8 Å². The largest absolute Gasteiger partial charge is 0.459 e. The Morgan fingerprint density at radius 2 is 1.77 bits per heavy atom. The number of aromatic nitrogens is 3. The van der Waals surface area contributed by atoms with E-state index in [0.717, 1.165) is 53.0 Å². The molecule has 65 heavy (non-hydrogen) atoms. The van der Waals surface area contributed by atoms with Crippen molar-refractivity contribution in [1.82, 2.24) is 34.8 Å². The molecule has 2 aliphatic heterocycles. The van der Waals surface area contributed by atoms with Crippen molar-refractivity contribution in [2.24, 2.45) is 5.92 Å². The van der Waals surface area contributed by atoms with Crippen molar-refractivity contribution in [2.75, 3.05) is 6.54 Å². The number of ether oxygens (including phenoxy) is 2. The van der Waals surface area contributed by atoms with E-state index >= 15 is 0 Å². The Labute approximate surface area is 386 Å². The highest BCUT2D eigenvalue weighted by atomic mass is 32.2. The summed E-state index contributed by atoms with van der Waals surface area (Å²) in [5, 5.41) is 8.79. The summed E-state index contributed by atoms with van der Waals surface area (Å²) in [5.41, 5.74) is 1.23. The third-order valence-corrected chi connectivity index (χ3v) is 16.3. The molecule has 1 saturated heterocycles. The molecule has 3 N–H and O–H groups in total. The van der Waals surface area contributed by atoms with Crippen LogP contribution in [0.5, 0.6) is 6.01 Å². The minimum Gasteiger partial charge on any atom is -0.459 e. The predicted molar refractivity (Wildman–Crippen MR) is 248 cm³/mol. The number of carbonyl (C=O) groups excluding carboxylic acids is 4. The first-order valence-corrected chi connectivity index (χ1v) is 25.7. The first-order chi connectivity index (χ1) is 30.9. The minimum absolute atomic E-state index is 0.0239. The number of allylic oxidation sites excluding steroid dienone is 1. The Hall–Kier alpha value is -4.95. The highest BCUT2D eigenvalue weighted by Crippen LogP contribution is 2.48. The summed E-state index contributed by atoms with van der Waals surface area (Å²) in [5.74, 6) is 3.47. The monoisotopic (exact) mass is 929 g/mol. The van der Waals surface area contributed by atoms with E-state index in [0.29, 0.717) is 44.0 Å². The molecule has 17 heteroatoms. The van der Waals surface area contributed by atoms with E-state index in [-0.39, 0.29) is 25.4 Å². The Kier molecular flexibility index (Phi) is 13.2. The fourth-order valence-electron chi connectivity index (χ4n) is 9.72. The van der Waals surface area contributed by atoms with Gasteiger partial charge in [0.2, 0.25) is 11.8 Å². The van der Waals surface area contributed by atoms with E-state index in [1.807, 2.05) is 48.8 Å². The summed E-state index contributed by atoms with van der Waals surface area (Å²) in [6.07, 6.45) is 12.3. The Morgan fingerprint density at radius 3 is 2.48 bits per heavy atom. The second kappa shape index (κ2) is 18.4. The molecule has 8 rings (SSSR count). The second-order valence-corrected chi connectivity index (χ2v) is 22.6. The predicted octanol–water partition coefficient (Wildman–Crippen LogP) is 7.43. The summed E-state index contributed by atoms with van der Waals surface area (Å²) in [4.78, 5) is 68.6. The summed E-state index contributed by atoms with van der Waals surface area (Å²) >= 11 is 1.62. The molecule has 5 atom stereocenters. The molecule has 0 bridgehead atoms. The Bertz CT molecular complexity index is 2520. The fraction of sp³-hybridized carbons (Fsp3) is 0.625. The van der Waals surface area contributed by atoms with Crippen LogP contribution in [0, 0.1) is 17.8 Å². The highest BCUT2D eigenvalue weighted by molar-refractivity contribution is 7.92. The molecule has 4 heterocycles. The average molecular weight is 930 g/mol. The lowest BCUT2D eigenvalue weighted by atomic mass is 9.87. The lowest BCUT2D eigenvalue weighted by Crippen LogP contribution is -2.58. The minimum atomic E-state index is -4.20. The molecule has 1 aromatic carbocycles. The maximum atomic E-state index is 14.8. The van der Waals surface area contributed by atoms with Gasteiger partial charge in [0.1, 0.15) is 39.9 Å². The summed E-state index contributed by atoms with van der Waals surface area (Å²) < 4.78 is 42.4. The molecular weight excluding hydrogens is 867 g/mol. The quantitative estimate of drug-likeness (QED) is 0.144. The third kappa shape index (κ3) is 9.80. The molecule has 4 amide bonds. The molecule has 5 aliphatic rings. The van der Waals surface area contributed by atoms with E-state index in [2.05, 4.69) is 32.6 Å². The number of para-hydroxylation sites is 1. The molecule has 3 saturated carbocycles. The maximum Gasteiger partial charge on any atom is 0.408 e. The summed E-state index contributed by atoms with van der Waals surface area (Å²) in [6.45, 7) is 10.8. The van der Waals surface area contributed by atoms with Crippen molar-refractivity contribution < 1.29 is 37.1 Å². The summed E-state index contributed by atoms with van der Waals surface area (Å²) in [7, 11) is -4.20. The topological polar surface area (TPSA) is 191 Å². The number of hydrogen-bond donors (Lipinski definition) is 3. The number of thiazole rings is 1. The SMILES string of the molecule is CC#CC1(S(=O)(=O)NC(=O)[C@@]23C[C@H]2/C=C\CCCCC[C@H](NC(=O)OC(C)(C)C)C(=O)N2C[C@H](Oc4nc5c(-c6nc(C7CCCCC7)cs6)cccc5n4C(C)C)C[C@H]2C(=O)N3)CC1. The van der Waals surface area contributed by atoms with Gasteiger partial charge in [-0.1, -0.05) is 56.2 Å². The number of fused-ring (bicyclic) bond motifs is 3. The zero-order valence-corrected chi connectivity index (χ0v) is 40.0. The van der Waals surface area contributed by atoms with Gasteiger partial charge in [-0.25, -0.2) is 22.9 Å². The number of alkyl carbamates (subject to hydrolysis) is 1. The molecule has 0 radical (unpaired) electrons. The number of nitrogens with zero attached hydrogens (tertiary/aromatic N) is 4. The van der Waals surface area contributed by atoms with Crippen molar-refractivity contribution >= 4 is 56.2 Å². The number of amides is 4. The van der Waals surface area contributed by atoms with Crippen LogP contribution in [0.1, 0.15) is 149 Å². The van der Waals surface area contributed by atoms with Gasteiger partial charge < -0.3 is 25.0 Å². The van der Waals surface area contributed by atoms with Gasteiger partial charge in [-0.15, -0.1) is 17.3 Å². The van der Waals surface area contributed by atoms with Crippen LogP contribution in [0.15, 0.2) is 35.7 Å². The lowest BCUT2D eigenvalue weighted by molar-refractivity contribution is -0.141. The van der Waals surface area contributed by atoms with Crippen LogP contribution in [0.2, 0.25) is 0 Å². The fourth-order valence-corrected chi connectivity index (χ4v) is 12.1. The van der Waals surface area contributed by atoms with Crippen LogP contribution < -0.4 is 20.1 Å². The molecule has 350 valence electrons. The number of hydrogen-bond acceptors (Lipinski definition) is 11. The Balaban J connectivity index is 1.11. The van der Waals surface area contributed by atoms with E-state index < -0.39 is 73.8 Å². The number of nitrogens with one attached hydrogen (secondary N) is 3. The van der Waals surface area contributed by atoms with E-state index in [1.54, 1.807) is 39.0 Å². The molecule has 3 aromatic rings. The number of benzene rings is 1. The van der Waals surface area contributed by atoms with Crippen molar-refractivity contribution in [2.45, 2.75) is 177 Å². The van der Waals surface area contributed by atoms with Crippen molar-refractivity contribution in [3.8, 4) is 28.4 Å². The van der Waals surface area contributed by atoms with Gasteiger partial charge in [0, 0.05) is 35.2 Å². The van der Waals surface area contributed by atoms with Gasteiger partial charge in [0.25, 0.3) is 21.9 Å². The van der Waals surface area contributed by atoms with Gasteiger partial charge in [-0.05, 0) is 105 Å². The van der Waals surface area contributed by atoms with Crippen LogP contribution >= 0.6 is 11.3 Å². The van der Waals surface area contributed by atoms with Crippen molar-refractivity contribution in [1.29, 1.82) is 0 Å². The molecule has 0 spiro atoms. The smallest absolute Gasteiger partial charge is 0.408 e. The average Bonchev–Trinajstić information content (AvgIpc) is 3.96. The maximum absolute atomic E-state index is 14.8. The van der Waals surface area contributed by atoms with Gasteiger partial charge in [-0.3, -0.25) is 19.0 Å². The number of carbonyl (C=O) groups is 4. The van der Waals surface area contributed by atoms with Crippen LogP contribution in [-0.4, -0.2) is 92.3 Å². The van der Waals surface area contributed by atoms with Crippen LogP contribution in [0.4, 0.5) is 4.79 Å². The van der Waals surface area contributed by atoms with Gasteiger partial charge in [0.15, 0.2) is 4.75 Å². The standard InChI is InChI=1S/C48H63N7O8S2/c1-7-23-47(24-25-47)65(60,61)53-43(58)48-27-32(48)19-14-9-8-10-15-21-35(50-45(59)63-46(4,5)6)42(57)54-28-33(26-38(54)40(56)52-48)62-44-51-39-34(20-16-22-37(39)55(44)30(2)3)41-49-36(29-64-41)31-17-12-11-13-18-31/h14,16,19-20,22,29-33,35,38H,8-13,15,17-18,21,24-28H2,1-6H3,(H,50,59)(H,52,56)(H,53,58)/b19-14-/t32-,33-,35+,38+,48-/m1/s1. The molecular formula is C48H63N7O8S2.